The SMILES string of the molecule is Cc1ccc(Nc2nc(C(=O)O)cs2)cc1F. The standard InChI is InChI=1S/C11H9FN2O2S/c1-6-2-3-7(4-8(6)12)13-11-14-9(5-17-11)10(15)16/h2-5H,1H3,(H,13,14)(H,15,16). The van der Waals surface area contributed by atoms with Crippen molar-refractivity contribution in [1.82, 2.24) is 4.98 Å². The Morgan fingerprint density at radius 2 is 2.29 bits per heavy atom. The van der Waals surface area contributed by atoms with Crippen LogP contribution in [0.4, 0.5) is 15.2 Å². The zero-order chi connectivity index (χ0) is 12.4. The van der Waals surface area contributed by atoms with Gasteiger partial charge in [0.25, 0.3) is 0 Å². The van der Waals surface area contributed by atoms with Crippen LogP contribution in [-0.4, -0.2) is 16.1 Å². The van der Waals surface area contributed by atoms with E-state index in [1.54, 1.807) is 19.1 Å². The quantitative estimate of drug-likeness (QED) is 0.881. The van der Waals surface area contributed by atoms with E-state index in [1.807, 2.05) is 0 Å². The van der Waals surface area contributed by atoms with Crippen molar-refractivity contribution in [3.05, 3.63) is 40.7 Å². The van der Waals surface area contributed by atoms with Gasteiger partial charge in [0.2, 0.25) is 0 Å². The van der Waals surface area contributed by atoms with Gasteiger partial charge in [-0.3, -0.25) is 0 Å². The van der Waals surface area contributed by atoms with Gasteiger partial charge in [-0.1, -0.05) is 6.07 Å². The second kappa shape index (κ2) is 4.50. The lowest BCUT2D eigenvalue weighted by Crippen LogP contribution is -1.97. The molecule has 1 heterocycles. The molecule has 88 valence electrons. The van der Waals surface area contributed by atoms with Gasteiger partial charge in [-0.2, -0.15) is 0 Å². The minimum absolute atomic E-state index is 0.0231. The number of carboxylic acids is 1. The summed E-state index contributed by atoms with van der Waals surface area (Å²) in [6.07, 6.45) is 0. The first-order valence-corrected chi connectivity index (χ1v) is 5.66. The summed E-state index contributed by atoms with van der Waals surface area (Å²) in [6.45, 7) is 1.67. The van der Waals surface area contributed by atoms with Crippen molar-refractivity contribution in [3.8, 4) is 0 Å². The number of carbonyl (C=O) groups is 1. The van der Waals surface area contributed by atoms with Crippen LogP contribution in [0, 0.1) is 12.7 Å². The Hall–Kier alpha value is -1.95. The predicted octanol–water partition coefficient (Wildman–Crippen LogP) is 3.03. The molecule has 2 N–H and O–H groups in total. The molecule has 0 aliphatic heterocycles. The highest BCUT2D eigenvalue weighted by Gasteiger charge is 2.08. The predicted molar refractivity (Wildman–Crippen MR) is 63.5 cm³/mol. The number of thiazole rings is 1. The minimum Gasteiger partial charge on any atom is -0.476 e. The van der Waals surface area contributed by atoms with Crippen molar-refractivity contribution in [2.24, 2.45) is 0 Å². The van der Waals surface area contributed by atoms with Crippen LogP contribution in [0.3, 0.4) is 0 Å². The molecule has 6 heteroatoms. The average Bonchev–Trinajstić information content (AvgIpc) is 2.72. The van der Waals surface area contributed by atoms with Crippen LogP contribution in [0.5, 0.6) is 0 Å². The Labute approximate surface area is 101 Å². The summed E-state index contributed by atoms with van der Waals surface area (Å²) >= 11 is 1.16. The van der Waals surface area contributed by atoms with Gasteiger partial charge in [0.1, 0.15) is 5.82 Å². The van der Waals surface area contributed by atoms with Crippen molar-refractivity contribution in [1.29, 1.82) is 0 Å². The molecule has 2 rings (SSSR count). The summed E-state index contributed by atoms with van der Waals surface area (Å²) in [5, 5.41) is 13.4. The van der Waals surface area contributed by atoms with E-state index in [-0.39, 0.29) is 11.5 Å². The van der Waals surface area contributed by atoms with E-state index in [1.165, 1.54) is 11.4 Å². The Kier molecular flexibility index (Phi) is 3.06. The minimum atomic E-state index is -1.08. The van der Waals surface area contributed by atoms with Crippen molar-refractivity contribution in [3.63, 3.8) is 0 Å². The lowest BCUT2D eigenvalue weighted by atomic mass is 10.2. The molecule has 0 unspecified atom stereocenters. The van der Waals surface area contributed by atoms with Crippen molar-refractivity contribution >= 4 is 28.1 Å². The smallest absolute Gasteiger partial charge is 0.355 e. The van der Waals surface area contributed by atoms with E-state index >= 15 is 0 Å². The number of aryl methyl sites for hydroxylation is 1. The van der Waals surface area contributed by atoms with Gasteiger partial charge in [0, 0.05) is 11.1 Å². The summed E-state index contributed by atoms with van der Waals surface area (Å²) < 4.78 is 13.3. The topological polar surface area (TPSA) is 62.2 Å². The maximum absolute atomic E-state index is 13.3. The number of halogens is 1. The van der Waals surface area contributed by atoms with E-state index in [0.717, 1.165) is 11.3 Å². The number of benzene rings is 1. The molecule has 0 saturated carbocycles. The summed E-state index contributed by atoms with van der Waals surface area (Å²) in [5.41, 5.74) is 1.07. The van der Waals surface area contributed by atoms with Crippen LogP contribution < -0.4 is 5.32 Å². The second-order valence-corrected chi connectivity index (χ2v) is 4.29. The number of anilines is 2. The number of hydrogen-bond donors (Lipinski definition) is 2. The largest absolute Gasteiger partial charge is 0.476 e. The third-order valence-electron chi connectivity index (χ3n) is 2.15. The van der Waals surface area contributed by atoms with Crippen molar-refractivity contribution in [2.75, 3.05) is 5.32 Å². The Morgan fingerprint density at radius 1 is 1.53 bits per heavy atom. The fourth-order valence-electron chi connectivity index (χ4n) is 1.22. The van der Waals surface area contributed by atoms with Gasteiger partial charge in [-0.15, -0.1) is 11.3 Å². The summed E-state index contributed by atoms with van der Waals surface area (Å²) in [6, 6.07) is 4.70. The molecule has 0 atom stereocenters. The van der Waals surface area contributed by atoms with Crippen molar-refractivity contribution in [2.45, 2.75) is 6.92 Å². The Morgan fingerprint density at radius 3 is 2.88 bits per heavy atom. The van der Waals surface area contributed by atoms with E-state index in [2.05, 4.69) is 10.3 Å². The molecule has 0 aliphatic rings. The highest BCUT2D eigenvalue weighted by molar-refractivity contribution is 7.14. The molecule has 0 spiro atoms. The normalized spacial score (nSPS) is 10.2. The first-order valence-electron chi connectivity index (χ1n) is 4.78. The van der Waals surface area contributed by atoms with Gasteiger partial charge in [0.05, 0.1) is 0 Å². The van der Waals surface area contributed by atoms with E-state index < -0.39 is 5.97 Å². The number of nitrogens with one attached hydrogen (secondary N) is 1. The number of hydrogen-bond acceptors (Lipinski definition) is 4. The molecular weight excluding hydrogens is 243 g/mol. The van der Waals surface area contributed by atoms with Gasteiger partial charge in [-0.05, 0) is 24.6 Å². The highest BCUT2D eigenvalue weighted by Crippen LogP contribution is 2.22. The average molecular weight is 252 g/mol. The molecule has 0 amide bonds. The van der Waals surface area contributed by atoms with Gasteiger partial charge < -0.3 is 10.4 Å². The monoisotopic (exact) mass is 252 g/mol. The Bertz CT molecular complexity index is 568. The number of aromatic carboxylic acids is 1. The molecule has 4 nitrogen and oxygen atoms in total. The van der Waals surface area contributed by atoms with Gasteiger partial charge in [-0.25, -0.2) is 14.2 Å². The summed E-state index contributed by atoms with van der Waals surface area (Å²) in [5.74, 6) is -1.39. The lowest BCUT2D eigenvalue weighted by molar-refractivity contribution is 0.0691. The molecule has 1 aromatic carbocycles. The maximum Gasteiger partial charge on any atom is 0.355 e. The van der Waals surface area contributed by atoms with Crippen LogP contribution >= 0.6 is 11.3 Å². The number of rotatable bonds is 3. The third-order valence-corrected chi connectivity index (χ3v) is 2.90. The lowest BCUT2D eigenvalue weighted by Gasteiger charge is -2.03. The second-order valence-electron chi connectivity index (χ2n) is 3.43. The van der Waals surface area contributed by atoms with Crippen LogP contribution in [-0.2, 0) is 0 Å². The summed E-state index contributed by atoms with van der Waals surface area (Å²) in [4.78, 5) is 14.5. The highest BCUT2D eigenvalue weighted by atomic mass is 32.1. The van der Waals surface area contributed by atoms with E-state index in [0.29, 0.717) is 16.4 Å². The molecule has 2 aromatic rings. The molecule has 0 fully saturated rings. The molecule has 0 bridgehead atoms. The maximum atomic E-state index is 13.3. The Balaban J connectivity index is 2.19. The molecule has 17 heavy (non-hydrogen) atoms. The van der Waals surface area contributed by atoms with Crippen LogP contribution in [0.1, 0.15) is 16.1 Å². The molecular formula is C11H9FN2O2S. The third kappa shape index (κ3) is 2.59. The molecule has 0 aliphatic carbocycles. The molecule has 0 radical (unpaired) electrons. The molecule has 1 aromatic heterocycles. The number of nitrogens with zero attached hydrogens (tertiary/aromatic N) is 1. The summed E-state index contributed by atoms with van der Waals surface area (Å²) in [7, 11) is 0. The molecule has 0 saturated heterocycles. The fraction of sp³-hybridized carbons (Fsp3) is 0.0909. The number of carboxylic acid groups (broad SMARTS) is 1. The zero-order valence-electron chi connectivity index (χ0n) is 8.90. The van der Waals surface area contributed by atoms with Gasteiger partial charge in [0.15, 0.2) is 10.8 Å². The van der Waals surface area contributed by atoms with Gasteiger partial charge >= 0.3 is 5.97 Å². The van der Waals surface area contributed by atoms with Crippen LogP contribution in [0.2, 0.25) is 0 Å². The first-order chi connectivity index (χ1) is 8.06. The van der Waals surface area contributed by atoms with Crippen LogP contribution in [0.25, 0.3) is 0 Å². The van der Waals surface area contributed by atoms with Crippen LogP contribution in [0.15, 0.2) is 23.6 Å². The first kappa shape index (κ1) is 11.5. The van der Waals surface area contributed by atoms with E-state index in [4.69, 9.17) is 5.11 Å². The zero-order valence-corrected chi connectivity index (χ0v) is 9.71. The van der Waals surface area contributed by atoms with E-state index in [9.17, 15) is 9.18 Å². The number of aromatic nitrogens is 1. The van der Waals surface area contributed by atoms with Crippen molar-refractivity contribution < 1.29 is 14.3 Å². The fourth-order valence-corrected chi connectivity index (χ4v) is 1.93.